The van der Waals surface area contributed by atoms with E-state index >= 15 is 0 Å². The summed E-state index contributed by atoms with van der Waals surface area (Å²) >= 11 is 0. The van der Waals surface area contributed by atoms with Gasteiger partial charge in [0.05, 0.1) is 17.6 Å². The maximum atomic E-state index is 8.78. The van der Waals surface area contributed by atoms with Gasteiger partial charge in [-0.3, -0.25) is 0 Å². The van der Waals surface area contributed by atoms with Gasteiger partial charge in [-0.1, -0.05) is 31.2 Å². The molecular formula is C14H19N3O. The Kier molecular flexibility index (Phi) is 4.10. The summed E-state index contributed by atoms with van der Waals surface area (Å²) in [4.78, 5) is 0. The molecule has 0 aliphatic carbocycles. The van der Waals surface area contributed by atoms with Crippen molar-refractivity contribution in [2.75, 3.05) is 6.61 Å². The van der Waals surface area contributed by atoms with E-state index < -0.39 is 0 Å². The average molecular weight is 245 g/mol. The van der Waals surface area contributed by atoms with Gasteiger partial charge in [-0.25, -0.2) is 4.68 Å². The van der Waals surface area contributed by atoms with Crippen LogP contribution in [0.4, 0.5) is 0 Å². The SMILES string of the molecule is CC(C)c1ccc(-n2cc(CCCO)nn2)cc1. The van der Waals surface area contributed by atoms with E-state index in [1.54, 1.807) is 4.68 Å². The third-order valence-corrected chi connectivity index (χ3v) is 2.96. The molecule has 0 amide bonds. The molecule has 1 heterocycles. The second kappa shape index (κ2) is 5.78. The standard InChI is InChI=1S/C14H19N3O/c1-11(2)12-5-7-14(8-6-12)17-10-13(15-16-17)4-3-9-18/h5-8,10-11,18H,3-4,9H2,1-2H3. The topological polar surface area (TPSA) is 50.9 Å². The normalized spacial score (nSPS) is 11.1. The van der Waals surface area contributed by atoms with Crippen LogP contribution >= 0.6 is 0 Å². The van der Waals surface area contributed by atoms with Gasteiger partial charge in [0.2, 0.25) is 0 Å². The van der Waals surface area contributed by atoms with Gasteiger partial charge in [0.15, 0.2) is 0 Å². The Morgan fingerprint density at radius 3 is 2.56 bits per heavy atom. The highest BCUT2D eigenvalue weighted by Crippen LogP contribution is 2.16. The highest BCUT2D eigenvalue weighted by molar-refractivity contribution is 5.34. The lowest BCUT2D eigenvalue weighted by Crippen LogP contribution is -1.95. The Morgan fingerprint density at radius 2 is 1.94 bits per heavy atom. The van der Waals surface area contributed by atoms with Gasteiger partial charge in [-0.2, -0.15) is 0 Å². The van der Waals surface area contributed by atoms with E-state index in [-0.39, 0.29) is 6.61 Å². The minimum Gasteiger partial charge on any atom is -0.396 e. The molecule has 0 bridgehead atoms. The van der Waals surface area contributed by atoms with Gasteiger partial charge >= 0.3 is 0 Å². The summed E-state index contributed by atoms with van der Waals surface area (Å²) in [6, 6.07) is 8.35. The van der Waals surface area contributed by atoms with Crippen molar-refractivity contribution in [3.05, 3.63) is 41.7 Å². The van der Waals surface area contributed by atoms with Crippen LogP contribution in [-0.2, 0) is 6.42 Å². The summed E-state index contributed by atoms with van der Waals surface area (Å²) in [6.45, 7) is 4.55. The van der Waals surface area contributed by atoms with E-state index in [1.807, 2.05) is 6.20 Å². The van der Waals surface area contributed by atoms with Gasteiger partial charge in [-0.15, -0.1) is 5.10 Å². The van der Waals surface area contributed by atoms with Crippen LogP contribution in [0.25, 0.3) is 5.69 Å². The Labute approximate surface area is 107 Å². The molecule has 2 rings (SSSR count). The molecule has 0 aliphatic heterocycles. The molecule has 0 radical (unpaired) electrons. The smallest absolute Gasteiger partial charge is 0.0832 e. The van der Waals surface area contributed by atoms with Gasteiger partial charge < -0.3 is 5.11 Å². The first-order valence-corrected chi connectivity index (χ1v) is 6.33. The number of benzene rings is 1. The predicted octanol–water partition coefficient (Wildman–Crippen LogP) is 2.32. The molecule has 18 heavy (non-hydrogen) atoms. The minimum atomic E-state index is 0.190. The molecule has 4 heteroatoms. The number of aliphatic hydroxyl groups excluding tert-OH is 1. The van der Waals surface area contributed by atoms with Crippen molar-refractivity contribution < 1.29 is 5.11 Å². The monoisotopic (exact) mass is 245 g/mol. The highest BCUT2D eigenvalue weighted by Gasteiger charge is 2.04. The van der Waals surface area contributed by atoms with Gasteiger partial charge in [0.25, 0.3) is 0 Å². The third-order valence-electron chi connectivity index (χ3n) is 2.96. The van der Waals surface area contributed by atoms with E-state index in [4.69, 9.17) is 5.11 Å². The predicted molar refractivity (Wildman–Crippen MR) is 70.9 cm³/mol. The number of hydrogen-bond acceptors (Lipinski definition) is 3. The average Bonchev–Trinajstić information content (AvgIpc) is 2.85. The molecule has 1 aromatic heterocycles. The molecule has 0 fully saturated rings. The first-order valence-electron chi connectivity index (χ1n) is 6.33. The van der Waals surface area contributed by atoms with Gasteiger partial charge in [0, 0.05) is 6.61 Å². The van der Waals surface area contributed by atoms with Crippen molar-refractivity contribution in [2.24, 2.45) is 0 Å². The van der Waals surface area contributed by atoms with E-state index in [2.05, 4.69) is 48.4 Å². The fourth-order valence-corrected chi connectivity index (χ4v) is 1.81. The van der Waals surface area contributed by atoms with E-state index in [0.29, 0.717) is 5.92 Å². The van der Waals surface area contributed by atoms with Crippen molar-refractivity contribution in [1.82, 2.24) is 15.0 Å². The molecule has 4 nitrogen and oxygen atoms in total. The largest absolute Gasteiger partial charge is 0.396 e. The van der Waals surface area contributed by atoms with Gasteiger partial charge in [-0.05, 0) is 36.5 Å². The molecule has 0 saturated heterocycles. The number of hydrogen-bond donors (Lipinski definition) is 1. The molecule has 0 saturated carbocycles. The van der Waals surface area contributed by atoms with Crippen molar-refractivity contribution in [1.29, 1.82) is 0 Å². The number of rotatable bonds is 5. The Balaban J connectivity index is 2.13. The maximum Gasteiger partial charge on any atom is 0.0832 e. The summed E-state index contributed by atoms with van der Waals surface area (Å²) in [7, 11) is 0. The molecule has 0 unspecified atom stereocenters. The zero-order valence-corrected chi connectivity index (χ0v) is 10.9. The number of aromatic nitrogens is 3. The second-order valence-corrected chi connectivity index (χ2v) is 4.73. The summed E-state index contributed by atoms with van der Waals surface area (Å²) in [6.07, 6.45) is 3.41. The molecule has 1 aromatic carbocycles. The van der Waals surface area contributed by atoms with Crippen LogP contribution < -0.4 is 0 Å². The minimum absolute atomic E-state index is 0.190. The summed E-state index contributed by atoms with van der Waals surface area (Å²) < 4.78 is 1.77. The molecule has 1 N–H and O–H groups in total. The van der Waals surface area contributed by atoms with E-state index in [1.165, 1.54) is 5.56 Å². The van der Waals surface area contributed by atoms with Crippen LogP contribution in [0.15, 0.2) is 30.5 Å². The maximum absolute atomic E-state index is 8.78. The molecule has 2 aromatic rings. The third kappa shape index (κ3) is 2.96. The first kappa shape index (κ1) is 12.8. The molecule has 0 spiro atoms. The zero-order chi connectivity index (χ0) is 13.0. The fourth-order valence-electron chi connectivity index (χ4n) is 1.81. The van der Waals surface area contributed by atoms with Gasteiger partial charge in [0.1, 0.15) is 0 Å². The Hall–Kier alpha value is -1.68. The molecule has 96 valence electrons. The number of aryl methyl sites for hydroxylation is 1. The molecular weight excluding hydrogens is 226 g/mol. The van der Waals surface area contributed by atoms with Crippen LogP contribution in [0.2, 0.25) is 0 Å². The number of nitrogens with zero attached hydrogens (tertiary/aromatic N) is 3. The quantitative estimate of drug-likeness (QED) is 0.879. The van der Waals surface area contributed by atoms with Crippen molar-refractivity contribution in [3.63, 3.8) is 0 Å². The lowest BCUT2D eigenvalue weighted by atomic mass is 10.0. The first-order chi connectivity index (χ1) is 8.70. The van der Waals surface area contributed by atoms with Crippen molar-refractivity contribution in [3.8, 4) is 5.69 Å². The van der Waals surface area contributed by atoms with Crippen LogP contribution in [0.3, 0.4) is 0 Å². The lowest BCUT2D eigenvalue weighted by Gasteiger charge is -2.06. The summed E-state index contributed by atoms with van der Waals surface area (Å²) in [5.41, 5.74) is 3.25. The summed E-state index contributed by atoms with van der Waals surface area (Å²) in [5, 5.41) is 17.0. The van der Waals surface area contributed by atoms with Crippen LogP contribution in [-0.4, -0.2) is 26.7 Å². The van der Waals surface area contributed by atoms with E-state index in [0.717, 1.165) is 24.2 Å². The summed E-state index contributed by atoms with van der Waals surface area (Å²) in [5.74, 6) is 0.537. The van der Waals surface area contributed by atoms with E-state index in [9.17, 15) is 0 Å². The van der Waals surface area contributed by atoms with Crippen LogP contribution in [0, 0.1) is 0 Å². The lowest BCUT2D eigenvalue weighted by molar-refractivity contribution is 0.288. The zero-order valence-electron chi connectivity index (χ0n) is 10.9. The Bertz CT molecular complexity index is 488. The molecule has 0 aliphatic rings. The fraction of sp³-hybridized carbons (Fsp3) is 0.429. The number of aliphatic hydroxyl groups is 1. The second-order valence-electron chi connectivity index (χ2n) is 4.73. The Morgan fingerprint density at radius 1 is 1.22 bits per heavy atom. The van der Waals surface area contributed by atoms with Crippen LogP contribution in [0.1, 0.15) is 37.4 Å². The van der Waals surface area contributed by atoms with Crippen molar-refractivity contribution >= 4 is 0 Å². The van der Waals surface area contributed by atoms with Crippen molar-refractivity contribution in [2.45, 2.75) is 32.6 Å². The molecule has 0 atom stereocenters. The highest BCUT2D eigenvalue weighted by atomic mass is 16.2. The van der Waals surface area contributed by atoms with Crippen LogP contribution in [0.5, 0.6) is 0 Å².